The van der Waals surface area contributed by atoms with Crippen LogP contribution in [0.3, 0.4) is 0 Å². The molecular weight excluding hydrogens is 350 g/mol. The molecule has 2 rings (SSSR count). The molecule has 0 heterocycles. The third-order valence-electron chi connectivity index (χ3n) is 3.99. The van der Waals surface area contributed by atoms with Crippen LogP contribution < -0.4 is 15.4 Å². The highest BCUT2D eigenvalue weighted by Gasteiger charge is 2.17. The first-order valence-electron chi connectivity index (χ1n) is 8.41. The summed E-state index contributed by atoms with van der Waals surface area (Å²) in [6, 6.07) is 12.4. The van der Waals surface area contributed by atoms with Crippen LogP contribution in [0.2, 0.25) is 0 Å². The molecule has 0 radical (unpaired) electrons. The van der Waals surface area contributed by atoms with Gasteiger partial charge in [-0.25, -0.2) is 0 Å². The predicted molar refractivity (Wildman–Crippen MR) is 99.6 cm³/mol. The molecule has 0 aliphatic carbocycles. The number of methoxy groups -OCH3 is 1. The lowest BCUT2D eigenvalue weighted by atomic mass is 10.0. The van der Waals surface area contributed by atoms with Gasteiger partial charge in [-0.2, -0.15) is 0 Å². The molecule has 8 nitrogen and oxygen atoms in total. The van der Waals surface area contributed by atoms with Gasteiger partial charge in [0.1, 0.15) is 5.75 Å². The average Bonchev–Trinajstić information content (AvgIpc) is 2.70. The van der Waals surface area contributed by atoms with Gasteiger partial charge < -0.3 is 15.4 Å². The lowest BCUT2D eigenvalue weighted by molar-refractivity contribution is -0.384. The van der Waals surface area contributed by atoms with Crippen LogP contribution in [0.4, 0.5) is 5.69 Å². The number of carbonyl (C=O) groups is 2. The number of rotatable bonds is 8. The van der Waals surface area contributed by atoms with Crippen LogP contribution in [0.15, 0.2) is 48.5 Å². The Morgan fingerprint density at radius 1 is 1.19 bits per heavy atom. The van der Waals surface area contributed by atoms with Gasteiger partial charge in [0.05, 0.1) is 24.6 Å². The van der Waals surface area contributed by atoms with Gasteiger partial charge in [0.2, 0.25) is 5.91 Å². The fourth-order valence-corrected chi connectivity index (χ4v) is 2.62. The Morgan fingerprint density at radius 2 is 1.93 bits per heavy atom. The molecule has 0 saturated heterocycles. The fraction of sp³-hybridized carbons (Fsp3) is 0.263. The second-order valence-electron chi connectivity index (χ2n) is 5.76. The standard InChI is InChI=1S/C19H21N3O5/c1-3-16(15-9-4-5-10-17(15)27-2)21-18(23)12-20-19(24)13-7-6-8-14(11-13)22(25)26/h4-11,16H,3,12H2,1-2H3,(H,20,24)(H,21,23). The zero-order valence-electron chi connectivity index (χ0n) is 15.1. The van der Waals surface area contributed by atoms with Gasteiger partial charge in [0.15, 0.2) is 0 Å². The van der Waals surface area contributed by atoms with E-state index in [1.165, 1.54) is 18.2 Å². The van der Waals surface area contributed by atoms with E-state index in [0.717, 1.165) is 11.6 Å². The number of hydrogen-bond donors (Lipinski definition) is 2. The van der Waals surface area contributed by atoms with Gasteiger partial charge in [-0.1, -0.05) is 31.2 Å². The number of para-hydroxylation sites is 1. The van der Waals surface area contributed by atoms with Crippen molar-refractivity contribution in [3.8, 4) is 5.75 Å². The van der Waals surface area contributed by atoms with E-state index in [9.17, 15) is 19.7 Å². The molecule has 2 aromatic rings. The minimum absolute atomic E-state index is 0.119. The van der Waals surface area contributed by atoms with Crippen molar-refractivity contribution in [2.24, 2.45) is 0 Å². The second kappa shape index (κ2) is 9.33. The Kier molecular flexibility index (Phi) is 6.87. The summed E-state index contributed by atoms with van der Waals surface area (Å²) in [5.74, 6) is -0.254. The first-order chi connectivity index (χ1) is 13.0. The van der Waals surface area contributed by atoms with Crippen LogP contribution in [0, 0.1) is 10.1 Å². The van der Waals surface area contributed by atoms with Crippen molar-refractivity contribution < 1.29 is 19.2 Å². The Balaban J connectivity index is 1.97. The van der Waals surface area contributed by atoms with Crippen molar-refractivity contribution in [2.45, 2.75) is 19.4 Å². The number of benzene rings is 2. The number of nitro benzene ring substituents is 1. The number of nitrogens with zero attached hydrogens (tertiary/aromatic N) is 1. The van der Waals surface area contributed by atoms with E-state index < -0.39 is 10.8 Å². The number of ether oxygens (including phenoxy) is 1. The van der Waals surface area contributed by atoms with Crippen molar-refractivity contribution in [3.05, 3.63) is 69.8 Å². The fourth-order valence-electron chi connectivity index (χ4n) is 2.62. The summed E-state index contributed by atoms with van der Waals surface area (Å²) in [6.07, 6.45) is 0.644. The summed E-state index contributed by atoms with van der Waals surface area (Å²) < 4.78 is 5.32. The molecule has 2 N–H and O–H groups in total. The monoisotopic (exact) mass is 371 g/mol. The number of nitro groups is 1. The molecule has 0 aromatic heterocycles. The zero-order valence-corrected chi connectivity index (χ0v) is 15.1. The third-order valence-corrected chi connectivity index (χ3v) is 3.99. The van der Waals surface area contributed by atoms with Crippen LogP contribution >= 0.6 is 0 Å². The van der Waals surface area contributed by atoms with E-state index >= 15 is 0 Å². The van der Waals surface area contributed by atoms with E-state index in [-0.39, 0.29) is 29.7 Å². The van der Waals surface area contributed by atoms with Crippen molar-refractivity contribution in [2.75, 3.05) is 13.7 Å². The predicted octanol–water partition coefficient (Wildman–Crippen LogP) is 2.60. The second-order valence-corrected chi connectivity index (χ2v) is 5.76. The highest BCUT2D eigenvalue weighted by molar-refractivity contribution is 5.97. The van der Waals surface area contributed by atoms with E-state index in [4.69, 9.17) is 4.74 Å². The maximum atomic E-state index is 12.2. The maximum Gasteiger partial charge on any atom is 0.270 e. The number of carbonyl (C=O) groups excluding carboxylic acids is 2. The minimum atomic E-state index is -0.581. The largest absolute Gasteiger partial charge is 0.496 e. The summed E-state index contributed by atoms with van der Waals surface area (Å²) in [5, 5.41) is 16.1. The molecule has 142 valence electrons. The highest BCUT2D eigenvalue weighted by Crippen LogP contribution is 2.26. The summed E-state index contributed by atoms with van der Waals surface area (Å²) in [4.78, 5) is 34.5. The van der Waals surface area contributed by atoms with Crippen molar-refractivity contribution in [1.82, 2.24) is 10.6 Å². The van der Waals surface area contributed by atoms with Gasteiger partial charge in [-0.05, 0) is 18.6 Å². The molecule has 0 aliphatic heterocycles. The molecule has 1 unspecified atom stereocenters. The first kappa shape index (κ1) is 19.9. The zero-order chi connectivity index (χ0) is 19.8. The van der Waals surface area contributed by atoms with Gasteiger partial charge in [0, 0.05) is 23.3 Å². The van der Waals surface area contributed by atoms with Crippen LogP contribution in [0.25, 0.3) is 0 Å². The average molecular weight is 371 g/mol. The quantitative estimate of drug-likeness (QED) is 0.547. The first-order valence-corrected chi connectivity index (χ1v) is 8.41. The van der Waals surface area contributed by atoms with Crippen LogP contribution in [-0.4, -0.2) is 30.4 Å². The summed E-state index contributed by atoms with van der Waals surface area (Å²) in [7, 11) is 1.56. The van der Waals surface area contributed by atoms with Crippen molar-refractivity contribution in [3.63, 3.8) is 0 Å². The molecule has 0 aliphatic rings. The third kappa shape index (κ3) is 5.27. The molecule has 1 atom stereocenters. The number of amides is 2. The summed E-state index contributed by atoms with van der Waals surface area (Å²) in [6.45, 7) is 1.69. The van der Waals surface area contributed by atoms with E-state index in [2.05, 4.69) is 10.6 Å². The van der Waals surface area contributed by atoms with E-state index in [0.29, 0.717) is 12.2 Å². The summed E-state index contributed by atoms with van der Waals surface area (Å²) in [5.41, 5.74) is 0.781. The van der Waals surface area contributed by atoms with Crippen LogP contribution in [0.1, 0.15) is 35.3 Å². The number of nitrogens with one attached hydrogen (secondary N) is 2. The van der Waals surface area contributed by atoms with Crippen molar-refractivity contribution >= 4 is 17.5 Å². The number of hydrogen-bond acceptors (Lipinski definition) is 5. The Labute approximate surface area is 156 Å². The van der Waals surface area contributed by atoms with Gasteiger partial charge in [-0.15, -0.1) is 0 Å². The smallest absolute Gasteiger partial charge is 0.270 e. The maximum absolute atomic E-state index is 12.2. The molecule has 8 heteroatoms. The van der Waals surface area contributed by atoms with Crippen molar-refractivity contribution in [1.29, 1.82) is 0 Å². The van der Waals surface area contributed by atoms with E-state index in [1.807, 2.05) is 31.2 Å². The minimum Gasteiger partial charge on any atom is -0.496 e. The summed E-state index contributed by atoms with van der Waals surface area (Å²) >= 11 is 0. The SMILES string of the molecule is CCC(NC(=O)CNC(=O)c1cccc([N+](=O)[O-])c1)c1ccccc1OC. The molecule has 2 amide bonds. The van der Waals surface area contributed by atoms with Gasteiger partial charge in [0.25, 0.3) is 11.6 Å². The lowest BCUT2D eigenvalue weighted by Crippen LogP contribution is -2.38. The topological polar surface area (TPSA) is 111 Å². The van der Waals surface area contributed by atoms with E-state index in [1.54, 1.807) is 7.11 Å². The molecule has 0 saturated carbocycles. The molecule has 2 aromatic carbocycles. The Hall–Kier alpha value is -3.42. The Morgan fingerprint density at radius 3 is 2.59 bits per heavy atom. The van der Waals surface area contributed by atoms with Crippen LogP contribution in [-0.2, 0) is 4.79 Å². The van der Waals surface area contributed by atoms with Gasteiger partial charge >= 0.3 is 0 Å². The highest BCUT2D eigenvalue weighted by atomic mass is 16.6. The normalized spacial score (nSPS) is 11.3. The molecule has 27 heavy (non-hydrogen) atoms. The van der Waals surface area contributed by atoms with Crippen LogP contribution in [0.5, 0.6) is 5.75 Å². The lowest BCUT2D eigenvalue weighted by Gasteiger charge is -2.20. The molecule has 0 spiro atoms. The van der Waals surface area contributed by atoms with Gasteiger partial charge in [-0.3, -0.25) is 19.7 Å². The molecule has 0 fully saturated rings. The molecule has 0 bridgehead atoms. The number of non-ortho nitro benzene ring substituents is 1. The molecular formula is C19H21N3O5. The Bertz CT molecular complexity index is 838.